The highest BCUT2D eigenvalue weighted by Gasteiger charge is 2.39. The van der Waals surface area contributed by atoms with Crippen LogP contribution in [-0.4, -0.2) is 37.7 Å². The first-order chi connectivity index (χ1) is 11.2. The van der Waals surface area contributed by atoms with E-state index in [-0.39, 0.29) is 6.42 Å². The van der Waals surface area contributed by atoms with E-state index >= 15 is 0 Å². The fourth-order valence-corrected chi connectivity index (χ4v) is 2.60. The van der Waals surface area contributed by atoms with E-state index in [0.717, 1.165) is 23.7 Å². The van der Waals surface area contributed by atoms with Gasteiger partial charge in [-0.2, -0.15) is 13.2 Å². The van der Waals surface area contributed by atoms with Gasteiger partial charge < -0.3 is 14.8 Å². The molecule has 0 spiro atoms. The first-order valence-electron chi connectivity index (χ1n) is 7.40. The molecule has 1 aromatic rings. The summed E-state index contributed by atoms with van der Waals surface area (Å²) in [6.45, 7) is 1.51. The van der Waals surface area contributed by atoms with Crippen LogP contribution in [0.5, 0.6) is 11.5 Å². The molecule has 0 aliphatic heterocycles. The molecule has 136 valence electrons. The van der Waals surface area contributed by atoms with Crippen molar-refractivity contribution in [1.29, 1.82) is 0 Å². The number of carbonyl (C=O) groups excluding carboxylic acids is 1. The molecule has 0 bridgehead atoms. The first-order valence-corrected chi connectivity index (χ1v) is 8.52. The lowest BCUT2D eigenvalue weighted by Crippen LogP contribution is -2.42. The van der Waals surface area contributed by atoms with Crippen molar-refractivity contribution in [3.05, 3.63) is 23.3 Å². The van der Waals surface area contributed by atoms with Crippen molar-refractivity contribution < 1.29 is 27.4 Å². The standard InChI is InChI=1S/C16H21BrF3NO3/c1-10(21-15(22)16(18,19)20)7-12-9-13(23-2)11(5-4-6-17)8-14(12)24-3/h8-10H,4-7H2,1-3H3,(H,21,22). The Morgan fingerprint density at radius 3 is 2.25 bits per heavy atom. The van der Waals surface area contributed by atoms with Gasteiger partial charge in [-0.25, -0.2) is 0 Å². The third-order valence-corrected chi connectivity index (χ3v) is 3.98. The van der Waals surface area contributed by atoms with Gasteiger partial charge in [0, 0.05) is 11.4 Å². The Balaban J connectivity index is 2.95. The fourth-order valence-electron chi connectivity index (χ4n) is 2.32. The van der Waals surface area contributed by atoms with Crippen molar-refractivity contribution in [3.63, 3.8) is 0 Å². The highest BCUT2D eigenvalue weighted by atomic mass is 79.9. The number of nitrogens with one attached hydrogen (secondary N) is 1. The predicted octanol–water partition coefficient (Wildman–Crippen LogP) is 3.64. The minimum absolute atomic E-state index is 0.195. The van der Waals surface area contributed by atoms with Crippen LogP contribution in [0.4, 0.5) is 13.2 Å². The van der Waals surface area contributed by atoms with E-state index in [9.17, 15) is 18.0 Å². The number of methoxy groups -OCH3 is 2. The topological polar surface area (TPSA) is 47.6 Å². The molecule has 1 aromatic carbocycles. The van der Waals surface area contributed by atoms with Crippen LogP contribution in [0.25, 0.3) is 0 Å². The second-order valence-corrected chi connectivity index (χ2v) is 6.14. The molecule has 0 radical (unpaired) electrons. The van der Waals surface area contributed by atoms with Gasteiger partial charge in [0.05, 0.1) is 14.2 Å². The van der Waals surface area contributed by atoms with E-state index in [2.05, 4.69) is 15.9 Å². The van der Waals surface area contributed by atoms with Gasteiger partial charge in [-0.3, -0.25) is 4.79 Å². The van der Waals surface area contributed by atoms with Crippen LogP contribution in [0, 0.1) is 0 Å². The van der Waals surface area contributed by atoms with Crippen molar-refractivity contribution in [1.82, 2.24) is 5.32 Å². The molecule has 1 N–H and O–H groups in total. The number of hydrogen-bond acceptors (Lipinski definition) is 3. The van der Waals surface area contributed by atoms with Crippen LogP contribution in [0.2, 0.25) is 0 Å². The Morgan fingerprint density at radius 1 is 1.21 bits per heavy atom. The molecule has 1 atom stereocenters. The van der Waals surface area contributed by atoms with Crippen LogP contribution >= 0.6 is 15.9 Å². The van der Waals surface area contributed by atoms with Crippen molar-refractivity contribution in [3.8, 4) is 11.5 Å². The van der Waals surface area contributed by atoms with Crippen LogP contribution in [0.1, 0.15) is 24.5 Å². The summed E-state index contributed by atoms with van der Waals surface area (Å²) in [6, 6.07) is 2.87. The molecule has 1 rings (SSSR count). The zero-order valence-electron chi connectivity index (χ0n) is 13.8. The molecule has 0 fully saturated rings. The zero-order chi connectivity index (χ0) is 18.3. The third-order valence-electron chi connectivity index (χ3n) is 3.42. The van der Waals surface area contributed by atoms with Crippen LogP contribution in [-0.2, 0) is 17.6 Å². The van der Waals surface area contributed by atoms with E-state index in [1.165, 1.54) is 21.1 Å². The number of aryl methyl sites for hydroxylation is 1. The minimum Gasteiger partial charge on any atom is -0.496 e. The van der Waals surface area contributed by atoms with Gasteiger partial charge in [-0.1, -0.05) is 15.9 Å². The van der Waals surface area contributed by atoms with Gasteiger partial charge in [-0.15, -0.1) is 0 Å². The minimum atomic E-state index is -4.89. The largest absolute Gasteiger partial charge is 0.496 e. The average molecular weight is 412 g/mol. The monoisotopic (exact) mass is 411 g/mol. The maximum absolute atomic E-state index is 12.3. The van der Waals surface area contributed by atoms with Gasteiger partial charge >= 0.3 is 12.1 Å². The van der Waals surface area contributed by atoms with Gasteiger partial charge in [0.15, 0.2) is 0 Å². The molecule has 4 nitrogen and oxygen atoms in total. The van der Waals surface area contributed by atoms with E-state index in [1.54, 1.807) is 6.07 Å². The number of hydrogen-bond donors (Lipinski definition) is 1. The lowest BCUT2D eigenvalue weighted by Gasteiger charge is -2.19. The molecular formula is C16H21BrF3NO3. The Morgan fingerprint density at radius 2 is 1.75 bits per heavy atom. The van der Waals surface area contributed by atoms with Gasteiger partial charge in [-0.05, 0) is 49.4 Å². The number of alkyl halides is 4. The average Bonchev–Trinajstić information content (AvgIpc) is 2.51. The van der Waals surface area contributed by atoms with Crippen LogP contribution < -0.4 is 14.8 Å². The summed E-state index contributed by atoms with van der Waals surface area (Å²) in [7, 11) is 3.04. The van der Waals surface area contributed by atoms with Crippen molar-refractivity contribution in [2.24, 2.45) is 0 Å². The number of benzene rings is 1. The van der Waals surface area contributed by atoms with E-state index in [0.29, 0.717) is 17.1 Å². The number of carbonyl (C=O) groups is 1. The molecule has 0 saturated carbocycles. The van der Waals surface area contributed by atoms with E-state index < -0.39 is 18.1 Å². The second kappa shape index (κ2) is 9.15. The Labute approximate surface area is 147 Å². The molecule has 24 heavy (non-hydrogen) atoms. The third kappa shape index (κ3) is 5.89. The van der Waals surface area contributed by atoms with Crippen molar-refractivity contribution >= 4 is 21.8 Å². The highest BCUT2D eigenvalue weighted by Crippen LogP contribution is 2.31. The number of ether oxygens (including phenoxy) is 2. The Hall–Kier alpha value is -1.44. The lowest BCUT2D eigenvalue weighted by atomic mass is 10.0. The van der Waals surface area contributed by atoms with E-state index in [1.807, 2.05) is 11.4 Å². The Kier molecular flexibility index (Phi) is 7.86. The summed E-state index contributed by atoms with van der Waals surface area (Å²) in [5.41, 5.74) is 1.64. The molecule has 1 amide bonds. The Bertz CT molecular complexity index is 564. The summed E-state index contributed by atoms with van der Waals surface area (Å²) >= 11 is 3.37. The maximum atomic E-state index is 12.3. The van der Waals surface area contributed by atoms with Gasteiger partial charge in [0.1, 0.15) is 11.5 Å². The van der Waals surface area contributed by atoms with Crippen molar-refractivity contribution in [2.45, 2.75) is 38.4 Å². The molecule has 0 saturated heterocycles. The van der Waals surface area contributed by atoms with E-state index in [4.69, 9.17) is 9.47 Å². The molecule has 0 aliphatic carbocycles. The summed E-state index contributed by atoms with van der Waals surface area (Å²) < 4.78 is 47.7. The maximum Gasteiger partial charge on any atom is 0.471 e. The zero-order valence-corrected chi connectivity index (χ0v) is 15.4. The molecule has 0 aromatic heterocycles. The summed E-state index contributed by atoms with van der Waals surface area (Å²) in [5.74, 6) is -0.732. The quantitative estimate of drug-likeness (QED) is 0.664. The summed E-state index contributed by atoms with van der Waals surface area (Å²) in [4.78, 5) is 11.0. The molecule has 0 aliphatic rings. The van der Waals surface area contributed by atoms with Crippen LogP contribution in [0.15, 0.2) is 12.1 Å². The summed E-state index contributed by atoms with van der Waals surface area (Å²) in [5, 5.41) is 2.79. The van der Waals surface area contributed by atoms with Gasteiger partial charge in [0.25, 0.3) is 0 Å². The first kappa shape index (κ1) is 20.6. The molecule has 8 heteroatoms. The number of halogens is 4. The fraction of sp³-hybridized carbons (Fsp3) is 0.562. The molecular weight excluding hydrogens is 391 g/mol. The normalized spacial score (nSPS) is 12.6. The van der Waals surface area contributed by atoms with Crippen molar-refractivity contribution in [2.75, 3.05) is 19.5 Å². The van der Waals surface area contributed by atoms with Gasteiger partial charge in [0.2, 0.25) is 0 Å². The lowest BCUT2D eigenvalue weighted by molar-refractivity contribution is -0.174. The van der Waals surface area contributed by atoms with Crippen LogP contribution in [0.3, 0.4) is 0 Å². The summed E-state index contributed by atoms with van der Waals surface area (Å²) in [6.07, 6.45) is -3.00. The highest BCUT2D eigenvalue weighted by molar-refractivity contribution is 9.09. The molecule has 0 heterocycles. The number of amides is 1. The second-order valence-electron chi connectivity index (χ2n) is 5.34. The SMILES string of the molecule is COc1cc(CC(C)NC(=O)C(F)(F)F)c(OC)cc1CCCBr. The number of rotatable bonds is 8. The molecule has 1 unspecified atom stereocenters. The smallest absolute Gasteiger partial charge is 0.471 e. The predicted molar refractivity (Wildman–Crippen MR) is 89.0 cm³/mol.